The van der Waals surface area contributed by atoms with Crippen molar-refractivity contribution in [1.29, 1.82) is 5.26 Å². The summed E-state index contributed by atoms with van der Waals surface area (Å²) in [5, 5.41) is 8.97. The molecule has 0 N–H and O–H groups in total. The van der Waals surface area contributed by atoms with E-state index in [9.17, 15) is 0 Å². The number of hydrogen-bond acceptors (Lipinski definition) is 3. The predicted molar refractivity (Wildman–Crippen MR) is 63.3 cm³/mol. The molecule has 2 aliphatic rings. The first-order valence-electron chi connectivity index (χ1n) is 6.07. The fourth-order valence-corrected chi connectivity index (χ4v) is 2.78. The van der Waals surface area contributed by atoms with Gasteiger partial charge in [-0.2, -0.15) is 5.26 Å². The maximum absolute atomic E-state index is 8.97. The van der Waals surface area contributed by atoms with Crippen molar-refractivity contribution in [2.45, 2.75) is 45.3 Å². The lowest BCUT2D eigenvalue weighted by molar-refractivity contribution is 0.252. The van der Waals surface area contributed by atoms with Crippen LogP contribution in [-0.4, -0.2) is 12.2 Å². The average Bonchev–Trinajstić information content (AvgIpc) is 2.79. The van der Waals surface area contributed by atoms with Gasteiger partial charge in [-0.3, -0.25) is 0 Å². The van der Waals surface area contributed by atoms with Gasteiger partial charge in [-0.15, -0.1) is 0 Å². The first kappa shape index (κ1) is 10.5. The van der Waals surface area contributed by atoms with Crippen LogP contribution in [0.5, 0.6) is 11.5 Å². The van der Waals surface area contributed by atoms with Crippen LogP contribution in [0, 0.1) is 11.3 Å². The van der Waals surface area contributed by atoms with Crippen LogP contribution in [0.1, 0.15) is 30.5 Å². The van der Waals surface area contributed by atoms with Gasteiger partial charge in [-0.1, -0.05) is 0 Å². The van der Waals surface area contributed by atoms with Gasteiger partial charge < -0.3 is 9.47 Å². The molecule has 1 aromatic rings. The molecule has 0 fully saturated rings. The van der Waals surface area contributed by atoms with Gasteiger partial charge in [-0.05, 0) is 19.9 Å². The normalized spacial score (nSPS) is 24.5. The van der Waals surface area contributed by atoms with E-state index in [2.05, 4.69) is 26.0 Å². The summed E-state index contributed by atoms with van der Waals surface area (Å²) in [5.41, 5.74) is 3.41. The summed E-state index contributed by atoms with van der Waals surface area (Å²) in [6.45, 7) is 4.12. The second-order valence-corrected chi connectivity index (χ2v) is 4.92. The molecule has 2 aliphatic heterocycles. The quantitative estimate of drug-likeness (QED) is 0.742. The molecule has 0 bridgehead atoms. The Morgan fingerprint density at radius 2 is 2.06 bits per heavy atom. The average molecular weight is 229 g/mol. The summed E-state index contributed by atoms with van der Waals surface area (Å²) in [7, 11) is 0. The molecular weight excluding hydrogens is 214 g/mol. The van der Waals surface area contributed by atoms with Crippen molar-refractivity contribution in [3.05, 3.63) is 22.8 Å². The zero-order valence-corrected chi connectivity index (χ0v) is 10.1. The smallest absolute Gasteiger partial charge is 0.127 e. The summed E-state index contributed by atoms with van der Waals surface area (Å²) in [6, 6.07) is 4.33. The van der Waals surface area contributed by atoms with E-state index in [4.69, 9.17) is 14.7 Å². The summed E-state index contributed by atoms with van der Waals surface area (Å²) in [5.74, 6) is 1.90. The minimum absolute atomic E-state index is 0.211. The third-order valence-corrected chi connectivity index (χ3v) is 3.43. The van der Waals surface area contributed by atoms with E-state index in [1.165, 1.54) is 11.1 Å². The molecule has 0 saturated carbocycles. The Labute approximate surface area is 101 Å². The third-order valence-electron chi connectivity index (χ3n) is 3.43. The van der Waals surface area contributed by atoms with Crippen molar-refractivity contribution in [1.82, 2.24) is 0 Å². The highest BCUT2D eigenvalue weighted by molar-refractivity contribution is 5.58. The van der Waals surface area contributed by atoms with Gasteiger partial charge in [0, 0.05) is 29.5 Å². The number of rotatable bonds is 1. The molecule has 0 aliphatic carbocycles. The van der Waals surface area contributed by atoms with Crippen LogP contribution < -0.4 is 9.47 Å². The second-order valence-electron chi connectivity index (χ2n) is 4.92. The van der Waals surface area contributed by atoms with Gasteiger partial charge >= 0.3 is 0 Å². The topological polar surface area (TPSA) is 42.2 Å². The number of fused-ring (bicyclic) bond motifs is 2. The zero-order chi connectivity index (χ0) is 12.0. The largest absolute Gasteiger partial charge is 0.490 e. The predicted octanol–water partition coefficient (Wildman–Crippen LogP) is 2.40. The van der Waals surface area contributed by atoms with Crippen LogP contribution in [-0.2, 0) is 19.3 Å². The molecular formula is C14H15NO2. The molecule has 2 unspecified atom stereocenters. The Morgan fingerprint density at radius 3 is 2.82 bits per heavy atom. The number of benzene rings is 1. The summed E-state index contributed by atoms with van der Waals surface area (Å²) >= 11 is 0. The first-order chi connectivity index (χ1) is 8.19. The van der Waals surface area contributed by atoms with Gasteiger partial charge in [0.25, 0.3) is 0 Å². The monoisotopic (exact) mass is 229 g/mol. The fourth-order valence-electron chi connectivity index (χ4n) is 2.78. The van der Waals surface area contributed by atoms with E-state index >= 15 is 0 Å². The zero-order valence-electron chi connectivity index (χ0n) is 10.1. The van der Waals surface area contributed by atoms with E-state index in [1.807, 2.05) is 0 Å². The lowest BCUT2D eigenvalue weighted by atomic mass is 9.96. The van der Waals surface area contributed by atoms with Crippen LogP contribution in [0.3, 0.4) is 0 Å². The van der Waals surface area contributed by atoms with Crippen molar-refractivity contribution in [3.8, 4) is 17.6 Å². The first-order valence-corrected chi connectivity index (χ1v) is 6.07. The number of hydrogen-bond donors (Lipinski definition) is 0. The van der Waals surface area contributed by atoms with Crippen LogP contribution in [0.4, 0.5) is 0 Å². The molecule has 0 amide bonds. The molecule has 3 heteroatoms. The molecule has 0 saturated heterocycles. The fraction of sp³-hybridized carbons (Fsp3) is 0.500. The lowest BCUT2D eigenvalue weighted by Gasteiger charge is -2.10. The minimum Gasteiger partial charge on any atom is -0.490 e. The lowest BCUT2D eigenvalue weighted by Crippen LogP contribution is -2.07. The van der Waals surface area contributed by atoms with E-state index in [0.29, 0.717) is 6.42 Å². The Morgan fingerprint density at radius 1 is 1.29 bits per heavy atom. The highest BCUT2D eigenvalue weighted by Crippen LogP contribution is 2.43. The molecule has 0 spiro atoms. The Balaban J connectivity index is 2.15. The van der Waals surface area contributed by atoms with Crippen molar-refractivity contribution >= 4 is 0 Å². The van der Waals surface area contributed by atoms with Crippen LogP contribution in [0.2, 0.25) is 0 Å². The van der Waals surface area contributed by atoms with E-state index in [-0.39, 0.29) is 12.2 Å². The van der Waals surface area contributed by atoms with Crippen LogP contribution >= 0.6 is 0 Å². The van der Waals surface area contributed by atoms with E-state index < -0.39 is 0 Å². The number of nitrogens with zero attached hydrogens (tertiary/aromatic N) is 1. The maximum atomic E-state index is 8.97. The van der Waals surface area contributed by atoms with Crippen molar-refractivity contribution in [2.24, 2.45) is 0 Å². The molecule has 3 rings (SSSR count). The van der Waals surface area contributed by atoms with Gasteiger partial charge in [0.05, 0.1) is 12.5 Å². The van der Waals surface area contributed by atoms with Crippen molar-refractivity contribution < 1.29 is 9.47 Å². The molecule has 88 valence electrons. The third kappa shape index (κ3) is 1.56. The van der Waals surface area contributed by atoms with E-state index in [0.717, 1.165) is 29.9 Å². The summed E-state index contributed by atoms with van der Waals surface area (Å²) in [4.78, 5) is 0. The summed E-state index contributed by atoms with van der Waals surface area (Å²) < 4.78 is 11.6. The van der Waals surface area contributed by atoms with Gasteiger partial charge in [0.15, 0.2) is 0 Å². The van der Waals surface area contributed by atoms with Gasteiger partial charge in [-0.25, -0.2) is 0 Å². The Kier molecular flexibility index (Phi) is 2.25. The standard InChI is InChI=1S/C14H15NO2/c1-8-5-10-7-13-12(6-9(2)16-13)11(3-4-15)14(10)17-8/h7-9H,3,5-6H2,1-2H3. The SMILES string of the molecule is CC1Cc2c(cc3c(c2CC#N)OC(C)C3)O1. The minimum atomic E-state index is 0.211. The van der Waals surface area contributed by atoms with Crippen LogP contribution in [0.15, 0.2) is 6.07 Å². The van der Waals surface area contributed by atoms with Crippen molar-refractivity contribution in [3.63, 3.8) is 0 Å². The Bertz CT molecular complexity index is 480. The van der Waals surface area contributed by atoms with Crippen LogP contribution in [0.25, 0.3) is 0 Å². The molecule has 2 atom stereocenters. The van der Waals surface area contributed by atoms with Gasteiger partial charge in [0.2, 0.25) is 0 Å². The number of nitriles is 1. The highest BCUT2D eigenvalue weighted by atomic mass is 16.5. The molecule has 17 heavy (non-hydrogen) atoms. The molecule has 1 aromatic carbocycles. The maximum Gasteiger partial charge on any atom is 0.127 e. The van der Waals surface area contributed by atoms with E-state index in [1.54, 1.807) is 0 Å². The second kappa shape index (κ2) is 3.66. The molecule has 3 nitrogen and oxygen atoms in total. The number of ether oxygens (including phenoxy) is 2. The van der Waals surface area contributed by atoms with Crippen molar-refractivity contribution in [2.75, 3.05) is 0 Å². The van der Waals surface area contributed by atoms with Gasteiger partial charge in [0.1, 0.15) is 23.7 Å². The Hall–Kier alpha value is -1.69. The summed E-state index contributed by atoms with van der Waals surface area (Å²) in [6.07, 6.45) is 2.63. The molecule has 0 aromatic heterocycles. The highest BCUT2D eigenvalue weighted by Gasteiger charge is 2.31. The molecule has 0 radical (unpaired) electrons. The molecule has 2 heterocycles.